The highest BCUT2D eigenvalue weighted by Gasteiger charge is 2.38. The van der Waals surface area contributed by atoms with Crippen LogP contribution < -0.4 is 15.3 Å². The van der Waals surface area contributed by atoms with Gasteiger partial charge >= 0.3 is 0 Å². The molecular weight excluding hydrogens is 551 g/mol. The van der Waals surface area contributed by atoms with Crippen LogP contribution in [0.25, 0.3) is 44.7 Å². The lowest BCUT2D eigenvalue weighted by atomic mass is 10.00. The first-order valence-corrected chi connectivity index (χ1v) is 18.1. The van der Waals surface area contributed by atoms with E-state index in [4.69, 9.17) is 9.97 Å². The maximum Gasteiger partial charge on any atom is 0.160 e. The van der Waals surface area contributed by atoms with E-state index < -0.39 is 8.07 Å². The first-order valence-electron chi connectivity index (χ1n) is 15.1. The molecule has 1 aliphatic heterocycles. The minimum atomic E-state index is -1.82. The Bertz CT molecular complexity index is 2090. The Labute approximate surface area is 259 Å². The summed E-state index contributed by atoms with van der Waals surface area (Å²) in [6.45, 7) is 4.91. The highest BCUT2D eigenvalue weighted by Crippen LogP contribution is 2.39. The van der Waals surface area contributed by atoms with Gasteiger partial charge in [-0.25, -0.2) is 9.97 Å². The van der Waals surface area contributed by atoms with Crippen LogP contribution in [-0.2, 0) is 0 Å². The molecule has 4 heteroatoms. The fourth-order valence-corrected chi connectivity index (χ4v) is 9.58. The fraction of sp³-hybridized carbons (Fsp3) is 0.0500. The zero-order chi connectivity index (χ0) is 29.7. The standard InChI is InChI=1S/C40H31N3Si/c1-44(2)37-19-11-9-17-35(37)43(36-18-10-12-20-38(36)44)32-24-21-30(22-25-32)40-41-34-26-23-31(28-13-5-3-6-14-28)27-33(34)39(42-40)29-15-7-4-8-16-29/h3-27H,1-2H3. The molecule has 0 saturated heterocycles. The third-order valence-electron chi connectivity index (χ3n) is 8.87. The molecule has 0 spiro atoms. The summed E-state index contributed by atoms with van der Waals surface area (Å²) in [6.07, 6.45) is 0. The topological polar surface area (TPSA) is 29.0 Å². The normalized spacial score (nSPS) is 13.4. The predicted molar refractivity (Wildman–Crippen MR) is 187 cm³/mol. The molecule has 7 aromatic rings. The summed E-state index contributed by atoms with van der Waals surface area (Å²) < 4.78 is 0. The van der Waals surface area contributed by atoms with Gasteiger partial charge in [-0.2, -0.15) is 0 Å². The van der Waals surface area contributed by atoms with E-state index in [1.54, 1.807) is 0 Å². The van der Waals surface area contributed by atoms with Crippen LogP contribution in [0.2, 0.25) is 13.1 Å². The molecule has 0 amide bonds. The molecule has 0 aliphatic carbocycles. The summed E-state index contributed by atoms with van der Waals surface area (Å²) in [4.78, 5) is 12.7. The van der Waals surface area contributed by atoms with Crippen LogP contribution in [0.15, 0.2) is 152 Å². The van der Waals surface area contributed by atoms with E-state index in [0.29, 0.717) is 0 Å². The van der Waals surface area contributed by atoms with Gasteiger partial charge in [0.2, 0.25) is 0 Å². The molecular formula is C40H31N3Si. The zero-order valence-electron chi connectivity index (χ0n) is 24.8. The lowest BCUT2D eigenvalue weighted by molar-refractivity contribution is 1.22. The summed E-state index contributed by atoms with van der Waals surface area (Å²) >= 11 is 0. The second-order valence-corrected chi connectivity index (χ2v) is 16.2. The molecule has 44 heavy (non-hydrogen) atoms. The monoisotopic (exact) mass is 581 g/mol. The van der Waals surface area contributed by atoms with Crippen molar-refractivity contribution >= 4 is 46.4 Å². The third-order valence-corrected chi connectivity index (χ3v) is 12.4. The molecule has 0 saturated carbocycles. The Morgan fingerprint density at radius 2 is 1.02 bits per heavy atom. The summed E-state index contributed by atoms with van der Waals surface area (Å²) in [6, 6.07) is 53.9. The zero-order valence-corrected chi connectivity index (χ0v) is 25.8. The first-order chi connectivity index (χ1) is 21.6. The van der Waals surface area contributed by atoms with E-state index in [1.807, 2.05) is 12.1 Å². The largest absolute Gasteiger partial charge is 0.311 e. The molecule has 2 heterocycles. The number of hydrogen-bond donors (Lipinski definition) is 0. The molecule has 1 aliphatic rings. The van der Waals surface area contributed by atoms with Crippen molar-refractivity contribution in [3.63, 3.8) is 0 Å². The van der Waals surface area contributed by atoms with Crippen LogP contribution in [0.3, 0.4) is 0 Å². The average Bonchev–Trinajstić information content (AvgIpc) is 3.09. The lowest BCUT2D eigenvalue weighted by Crippen LogP contribution is -2.58. The van der Waals surface area contributed by atoms with Crippen LogP contribution in [0.5, 0.6) is 0 Å². The van der Waals surface area contributed by atoms with Crippen LogP contribution in [0.1, 0.15) is 0 Å². The van der Waals surface area contributed by atoms with Gasteiger partial charge in [0.15, 0.2) is 5.82 Å². The Hall–Kier alpha value is -5.32. The van der Waals surface area contributed by atoms with Crippen molar-refractivity contribution in [2.75, 3.05) is 4.90 Å². The number of nitrogens with zero attached hydrogens (tertiary/aromatic N) is 3. The molecule has 0 fully saturated rings. The van der Waals surface area contributed by atoms with Crippen molar-refractivity contribution in [1.29, 1.82) is 0 Å². The minimum absolute atomic E-state index is 0.725. The molecule has 210 valence electrons. The number of rotatable bonds is 4. The molecule has 3 nitrogen and oxygen atoms in total. The first kappa shape index (κ1) is 26.3. The van der Waals surface area contributed by atoms with Gasteiger partial charge < -0.3 is 4.90 Å². The average molecular weight is 582 g/mol. The van der Waals surface area contributed by atoms with E-state index in [9.17, 15) is 0 Å². The molecule has 0 bridgehead atoms. The minimum Gasteiger partial charge on any atom is -0.311 e. The molecule has 8 rings (SSSR count). The summed E-state index contributed by atoms with van der Waals surface area (Å²) in [7, 11) is -1.82. The number of para-hydroxylation sites is 2. The van der Waals surface area contributed by atoms with E-state index in [0.717, 1.165) is 44.8 Å². The summed E-state index contributed by atoms with van der Waals surface area (Å²) in [5.41, 5.74) is 9.97. The van der Waals surface area contributed by atoms with Crippen LogP contribution in [-0.4, -0.2) is 18.0 Å². The van der Waals surface area contributed by atoms with Crippen molar-refractivity contribution in [3.8, 4) is 33.8 Å². The van der Waals surface area contributed by atoms with Gasteiger partial charge in [0, 0.05) is 33.6 Å². The maximum atomic E-state index is 5.19. The molecule has 0 unspecified atom stereocenters. The van der Waals surface area contributed by atoms with Crippen molar-refractivity contribution in [1.82, 2.24) is 9.97 Å². The smallest absolute Gasteiger partial charge is 0.160 e. The number of benzene rings is 6. The van der Waals surface area contributed by atoms with Gasteiger partial charge in [0.05, 0.1) is 11.2 Å². The third kappa shape index (κ3) is 4.34. The quantitative estimate of drug-likeness (QED) is 0.194. The number of anilines is 3. The van der Waals surface area contributed by atoms with Gasteiger partial charge in [-0.05, 0) is 70.0 Å². The van der Waals surface area contributed by atoms with Crippen molar-refractivity contribution in [2.45, 2.75) is 13.1 Å². The maximum absolute atomic E-state index is 5.19. The molecule has 0 N–H and O–H groups in total. The van der Waals surface area contributed by atoms with Crippen molar-refractivity contribution < 1.29 is 0 Å². The van der Waals surface area contributed by atoms with Gasteiger partial charge in [-0.15, -0.1) is 0 Å². The van der Waals surface area contributed by atoms with Crippen LogP contribution in [0, 0.1) is 0 Å². The molecule has 1 aromatic heterocycles. The van der Waals surface area contributed by atoms with Crippen LogP contribution >= 0.6 is 0 Å². The Balaban J connectivity index is 1.24. The van der Waals surface area contributed by atoms with Crippen molar-refractivity contribution in [3.05, 3.63) is 152 Å². The van der Waals surface area contributed by atoms with E-state index in [-0.39, 0.29) is 0 Å². The molecule has 0 atom stereocenters. The second-order valence-electron chi connectivity index (χ2n) is 11.9. The van der Waals surface area contributed by atoms with E-state index >= 15 is 0 Å². The highest BCUT2D eigenvalue weighted by atomic mass is 28.3. The van der Waals surface area contributed by atoms with Gasteiger partial charge in [0.25, 0.3) is 0 Å². The Morgan fingerprint density at radius 1 is 0.477 bits per heavy atom. The van der Waals surface area contributed by atoms with Crippen LogP contribution in [0.4, 0.5) is 17.1 Å². The fourth-order valence-electron chi connectivity index (χ4n) is 6.59. The summed E-state index contributed by atoms with van der Waals surface area (Å²) in [5.74, 6) is 0.725. The predicted octanol–water partition coefficient (Wildman–Crippen LogP) is 9.24. The molecule has 0 radical (unpaired) electrons. The van der Waals surface area contributed by atoms with Crippen molar-refractivity contribution in [2.24, 2.45) is 0 Å². The van der Waals surface area contributed by atoms with Gasteiger partial charge in [-0.1, -0.05) is 116 Å². The number of aromatic nitrogens is 2. The second kappa shape index (κ2) is 10.4. The SMILES string of the molecule is C[Si]1(C)c2ccccc2N(c2ccc(-c3nc(-c4ccccc4)c4cc(-c5ccccc5)ccc4n3)cc2)c2ccccc21. The Morgan fingerprint density at radius 3 is 1.66 bits per heavy atom. The van der Waals surface area contributed by atoms with E-state index in [1.165, 1.54) is 27.3 Å². The molecule has 6 aromatic carbocycles. The Kier molecular flexibility index (Phi) is 6.24. The highest BCUT2D eigenvalue weighted by molar-refractivity contribution is 7.02. The van der Waals surface area contributed by atoms with Gasteiger partial charge in [-0.3, -0.25) is 0 Å². The van der Waals surface area contributed by atoms with Gasteiger partial charge in [0.1, 0.15) is 8.07 Å². The lowest BCUT2D eigenvalue weighted by Gasteiger charge is -2.41. The summed E-state index contributed by atoms with van der Waals surface area (Å²) in [5, 5.41) is 3.97. The van der Waals surface area contributed by atoms with E-state index in [2.05, 4.69) is 158 Å². The number of fused-ring (bicyclic) bond motifs is 3. The number of hydrogen-bond acceptors (Lipinski definition) is 3.